The Morgan fingerprint density at radius 2 is 2.11 bits per heavy atom. The van der Waals surface area contributed by atoms with Gasteiger partial charge >= 0.3 is 0 Å². The molecule has 0 atom stereocenters. The fourth-order valence-electron chi connectivity index (χ4n) is 2.38. The van der Waals surface area contributed by atoms with Crippen LogP contribution in [0.2, 0.25) is 0 Å². The number of carbonyl (C=O) groups is 1. The van der Waals surface area contributed by atoms with Gasteiger partial charge in [-0.15, -0.1) is 11.3 Å². The monoisotopic (exact) mass is 381 g/mol. The van der Waals surface area contributed by atoms with E-state index in [9.17, 15) is 4.79 Å². The van der Waals surface area contributed by atoms with Crippen molar-refractivity contribution in [3.8, 4) is 11.5 Å². The SMILES string of the molecule is N/C=N\c1ncc(Oc2cncnc2)cc1C(=O)Nc1nc(C2CC2)cs1. The van der Waals surface area contributed by atoms with Crippen molar-refractivity contribution in [1.29, 1.82) is 0 Å². The summed E-state index contributed by atoms with van der Waals surface area (Å²) in [6.45, 7) is 0. The molecule has 1 fully saturated rings. The average molecular weight is 381 g/mol. The second-order valence-corrected chi connectivity index (χ2v) is 6.66. The van der Waals surface area contributed by atoms with Crippen LogP contribution in [0.25, 0.3) is 0 Å². The van der Waals surface area contributed by atoms with Crippen LogP contribution in [0.15, 0.2) is 41.4 Å². The number of thiazole rings is 1. The smallest absolute Gasteiger partial charge is 0.261 e. The van der Waals surface area contributed by atoms with Crippen molar-refractivity contribution in [2.75, 3.05) is 5.32 Å². The molecule has 1 aliphatic rings. The topological polar surface area (TPSA) is 128 Å². The van der Waals surface area contributed by atoms with Crippen molar-refractivity contribution in [2.45, 2.75) is 18.8 Å². The van der Waals surface area contributed by atoms with Gasteiger partial charge in [-0.05, 0) is 18.9 Å². The van der Waals surface area contributed by atoms with Crippen molar-refractivity contribution in [3.05, 3.63) is 47.6 Å². The predicted octanol–water partition coefficient (Wildman–Crippen LogP) is 2.87. The van der Waals surface area contributed by atoms with Crippen molar-refractivity contribution >= 4 is 34.5 Å². The van der Waals surface area contributed by atoms with E-state index in [0.29, 0.717) is 22.5 Å². The number of nitrogens with one attached hydrogen (secondary N) is 1. The zero-order chi connectivity index (χ0) is 18.6. The second kappa shape index (κ2) is 7.46. The first-order chi connectivity index (χ1) is 13.2. The first-order valence-electron chi connectivity index (χ1n) is 8.17. The highest BCUT2D eigenvalue weighted by Gasteiger charge is 2.26. The Hall–Kier alpha value is -3.40. The van der Waals surface area contributed by atoms with E-state index in [1.807, 2.05) is 5.38 Å². The number of nitrogens with two attached hydrogens (primary N) is 1. The number of pyridine rings is 1. The standard InChI is InChI=1S/C17H15N7O2S/c18-8-22-15-13(3-11(6-21-15)26-12-4-19-9-20-5-12)16(25)24-17-23-14(7-27-17)10-1-2-10/h3-10H,1-2H2,(H2,18,21,22)(H,23,24,25). The van der Waals surface area contributed by atoms with Gasteiger partial charge in [0.05, 0.1) is 36.2 Å². The molecule has 3 aromatic heterocycles. The molecule has 1 saturated carbocycles. The first-order valence-corrected chi connectivity index (χ1v) is 9.05. The summed E-state index contributed by atoms with van der Waals surface area (Å²) >= 11 is 1.39. The third kappa shape index (κ3) is 4.06. The number of rotatable bonds is 6. The minimum absolute atomic E-state index is 0.186. The van der Waals surface area contributed by atoms with Crippen LogP contribution in [0.3, 0.4) is 0 Å². The van der Waals surface area contributed by atoms with Gasteiger partial charge in [-0.1, -0.05) is 0 Å². The zero-order valence-electron chi connectivity index (χ0n) is 14.1. The molecule has 3 heterocycles. The number of aromatic nitrogens is 4. The Labute approximate surface area is 158 Å². The van der Waals surface area contributed by atoms with E-state index < -0.39 is 5.91 Å². The molecule has 0 aliphatic heterocycles. The molecule has 3 N–H and O–H groups in total. The summed E-state index contributed by atoms with van der Waals surface area (Å²) in [7, 11) is 0. The van der Waals surface area contributed by atoms with Gasteiger partial charge in [0, 0.05) is 11.3 Å². The fraction of sp³-hybridized carbons (Fsp3) is 0.176. The van der Waals surface area contributed by atoms with Crippen LogP contribution in [0, 0.1) is 0 Å². The molecule has 1 amide bonds. The number of carbonyl (C=O) groups excluding carboxylic acids is 1. The highest BCUT2D eigenvalue weighted by atomic mass is 32.1. The van der Waals surface area contributed by atoms with Gasteiger partial charge in [-0.25, -0.2) is 24.9 Å². The van der Waals surface area contributed by atoms with Crippen LogP contribution in [0.4, 0.5) is 10.9 Å². The molecule has 136 valence electrons. The molecule has 0 radical (unpaired) electrons. The van der Waals surface area contributed by atoms with Crippen LogP contribution in [0.1, 0.15) is 34.8 Å². The van der Waals surface area contributed by atoms with Crippen LogP contribution >= 0.6 is 11.3 Å². The Morgan fingerprint density at radius 3 is 2.85 bits per heavy atom. The average Bonchev–Trinajstić information content (AvgIpc) is 3.43. The Bertz CT molecular complexity index is 986. The second-order valence-electron chi connectivity index (χ2n) is 5.80. The van der Waals surface area contributed by atoms with E-state index >= 15 is 0 Å². The number of hydrogen-bond acceptors (Lipinski definition) is 8. The molecular formula is C17H15N7O2S. The van der Waals surface area contributed by atoms with E-state index in [-0.39, 0.29) is 11.4 Å². The van der Waals surface area contributed by atoms with Crippen LogP contribution < -0.4 is 15.8 Å². The quantitative estimate of drug-likeness (QED) is 0.496. The highest BCUT2D eigenvalue weighted by Crippen LogP contribution is 2.41. The summed E-state index contributed by atoms with van der Waals surface area (Å²) in [6, 6.07) is 1.53. The molecule has 1 aliphatic carbocycles. The van der Waals surface area contributed by atoms with Gasteiger partial charge in [0.15, 0.2) is 16.7 Å². The lowest BCUT2D eigenvalue weighted by molar-refractivity contribution is 0.102. The molecule has 0 aromatic carbocycles. The molecule has 4 rings (SSSR count). The minimum atomic E-state index is -0.394. The molecule has 0 bridgehead atoms. The molecule has 10 heteroatoms. The Morgan fingerprint density at radius 1 is 1.30 bits per heavy atom. The predicted molar refractivity (Wildman–Crippen MR) is 101 cm³/mol. The van der Waals surface area contributed by atoms with Gasteiger partial charge in [0.1, 0.15) is 12.1 Å². The Kier molecular flexibility index (Phi) is 4.71. The summed E-state index contributed by atoms with van der Waals surface area (Å²) in [5.41, 5.74) is 6.61. The largest absolute Gasteiger partial charge is 0.452 e. The number of aliphatic imine (C=N–C) groups is 1. The molecule has 0 saturated heterocycles. The molecule has 9 nitrogen and oxygen atoms in total. The number of nitrogens with zero attached hydrogens (tertiary/aromatic N) is 5. The third-order valence-electron chi connectivity index (χ3n) is 3.79. The first kappa shape index (κ1) is 17.0. The van der Waals surface area contributed by atoms with E-state index in [1.54, 1.807) is 0 Å². The van der Waals surface area contributed by atoms with Crippen LogP contribution in [0.5, 0.6) is 11.5 Å². The summed E-state index contributed by atoms with van der Waals surface area (Å²) in [6.07, 6.45) is 9.24. The van der Waals surface area contributed by atoms with Crippen molar-refractivity contribution in [3.63, 3.8) is 0 Å². The third-order valence-corrected chi connectivity index (χ3v) is 4.57. The summed E-state index contributed by atoms with van der Waals surface area (Å²) < 4.78 is 5.63. The van der Waals surface area contributed by atoms with E-state index in [4.69, 9.17) is 10.5 Å². The Balaban J connectivity index is 1.57. The maximum atomic E-state index is 12.7. The lowest BCUT2D eigenvalue weighted by atomic mass is 10.2. The van der Waals surface area contributed by atoms with Gasteiger partial charge in [0.25, 0.3) is 5.91 Å². The summed E-state index contributed by atoms with van der Waals surface area (Å²) in [5, 5.41) is 5.29. The molecule has 3 aromatic rings. The van der Waals surface area contributed by atoms with Crippen LogP contribution in [-0.4, -0.2) is 32.2 Å². The molecule has 0 unspecified atom stereocenters. The lowest BCUT2D eigenvalue weighted by Gasteiger charge is -2.08. The lowest BCUT2D eigenvalue weighted by Crippen LogP contribution is -2.13. The molecule has 27 heavy (non-hydrogen) atoms. The van der Waals surface area contributed by atoms with E-state index in [1.165, 1.54) is 42.3 Å². The molecular weight excluding hydrogens is 366 g/mol. The normalized spacial score (nSPS) is 13.6. The van der Waals surface area contributed by atoms with Gasteiger partial charge < -0.3 is 10.5 Å². The van der Waals surface area contributed by atoms with Crippen LogP contribution in [-0.2, 0) is 0 Å². The van der Waals surface area contributed by atoms with Crippen molar-refractivity contribution in [1.82, 2.24) is 19.9 Å². The fourth-order valence-corrected chi connectivity index (χ4v) is 3.17. The minimum Gasteiger partial charge on any atom is -0.452 e. The number of anilines is 1. The van der Waals surface area contributed by atoms with E-state index in [2.05, 4.69) is 30.2 Å². The highest BCUT2D eigenvalue weighted by molar-refractivity contribution is 7.14. The van der Waals surface area contributed by atoms with Crippen molar-refractivity contribution < 1.29 is 9.53 Å². The van der Waals surface area contributed by atoms with Crippen molar-refractivity contribution in [2.24, 2.45) is 10.7 Å². The summed E-state index contributed by atoms with van der Waals surface area (Å²) in [5.74, 6) is 1.09. The maximum Gasteiger partial charge on any atom is 0.261 e. The summed E-state index contributed by atoms with van der Waals surface area (Å²) in [4.78, 5) is 33.0. The van der Waals surface area contributed by atoms with Gasteiger partial charge in [-0.2, -0.15) is 0 Å². The van der Waals surface area contributed by atoms with Gasteiger partial charge in [0.2, 0.25) is 0 Å². The van der Waals surface area contributed by atoms with Gasteiger partial charge in [-0.3, -0.25) is 10.1 Å². The number of hydrogen-bond donors (Lipinski definition) is 2. The van der Waals surface area contributed by atoms with E-state index in [0.717, 1.165) is 24.9 Å². The number of amides is 1. The zero-order valence-corrected chi connectivity index (χ0v) is 14.9. The number of ether oxygens (including phenoxy) is 1. The molecule has 0 spiro atoms. The maximum absolute atomic E-state index is 12.7.